The zero-order valence-electron chi connectivity index (χ0n) is 16.6. The van der Waals surface area contributed by atoms with E-state index in [1.165, 1.54) is 11.3 Å². The molecule has 0 unspecified atom stereocenters. The van der Waals surface area contributed by atoms with Gasteiger partial charge in [-0.05, 0) is 41.8 Å². The van der Waals surface area contributed by atoms with Gasteiger partial charge in [0.05, 0.1) is 24.9 Å². The predicted octanol–water partition coefficient (Wildman–Crippen LogP) is 5.71. The Bertz CT molecular complexity index is 1080. The average Bonchev–Trinajstić information content (AvgIpc) is 3.32. The van der Waals surface area contributed by atoms with Gasteiger partial charge in [0, 0.05) is 16.6 Å². The summed E-state index contributed by atoms with van der Waals surface area (Å²) in [5.74, 6) is 1.59. The molecule has 0 spiro atoms. The molecule has 0 bridgehead atoms. The molecule has 5 nitrogen and oxygen atoms in total. The van der Waals surface area contributed by atoms with Gasteiger partial charge in [-0.3, -0.25) is 5.41 Å². The molecular formula is C23H23N3O2S. The van der Waals surface area contributed by atoms with Crippen molar-refractivity contribution in [3.63, 3.8) is 0 Å². The van der Waals surface area contributed by atoms with Crippen LogP contribution in [0.15, 0.2) is 59.7 Å². The van der Waals surface area contributed by atoms with Gasteiger partial charge in [-0.15, -0.1) is 11.3 Å². The second-order valence-electron chi connectivity index (χ2n) is 7.24. The highest BCUT2D eigenvalue weighted by molar-refractivity contribution is 7.11. The van der Waals surface area contributed by atoms with E-state index < -0.39 is 0 Å². The first-order valence-electron chi connectivity index (χ1n) is 9.47. The number of hydrogen-bond donors (Lipinski definition) is 2. The molecule has 2 heterocycles. The molecular weight excluding hydrogens is 382 g/mol. The Hall–Kier alpha value is -3.12. The van der Waals surface area contributed by atoms with Gasteiger partial charge in [0.25, 0.3) is 0 Å². The van der Waals surface area contributed by atoms with Crippen molar-refractivity contribution in [3.8, 4) is 17.0 Å². The summed E-state index contributed by atoms with van der Waals surface area (Å²) in [6.07, 6.45) is 0. The summed E-state index contributed by atoms with van der Waals surface area (Å²) < 4.78 is 5.21. The lowest BCUT2D eigenvalue weighted by molar-refractivity contribution is 0.411. The summed E-state index contributed by atoms with van der Waals surface area (Å²) in [7, 11) is 1.64. The number of methoxy groups -OCH3 is 1. The molecule has 1 aliphatic heterocycles. The van der Waals surface area contributed by atoms with Crippen molar-refractivity contribution >= 4 is 28.4 Å². The Morgan fingerprint density at radius 1 is 1.14 bits per heavy atom. The van der Waals surface area contributed by atoms with E-state index in [2.05, 4.69) is 19.9 Å². The van der Waals surface area contributed by atoms with Crippen LogP contribution in [0.25, 0.3) is 16.8 Å². The fourth-order valence-electron chi connectivity index (χ4n) is 3.51. The minimum atomic E-state index is 0.184. The second-order valence-corrected chi connectivity index (χ2v) is 8.09. The van der Waals surface area contributed by atoms with Crippen molar-refractivity contribution in [2.24, 2.45) is 0 Å². The zero-order chi connectivity index (χ0) is 20.5. The highest BCUT2D eigenvalue weighted by atomic mass is 32.1. The van der Waals surface area contributed by atoms with Crippen molar-refractivity contribution in [2.45, 2.75) is 19.8 Å². The molecule has 0 saturated heterocycles. The number of para-hydroxylation sites is 1. The van der Waals surface area contributed by atoms with Gasteiger partial charge in [0.15, 0.2) is 0 Å². The molecule has 148 valence electrons. The normalized spacial score (nSPS) is 14.2. The van der Waals surface area contributed by atoms with E-state index in [1.807, 2.05) is 52.7 Å². The van der Waals surface area contributed by atoms with Gasteiger partial charge in [-0.1, -0.05) is 32.0 Å². The van der Waals surface area contributed by atoms with E-state index in [0.717, 1.165) is 28.3 Å². The number of nitrogens with one attached hydrogen (secondary N) is 1. The Labute approximate surface area is 174 Å². The van der Waals surface area contributed by atoms with Gasteiger partial charge in [-0.2, -0.15) is 0 Å². The molecule has 2 N–H and O–H groups in total. The van der Waals surface area contributed by atoms with Crippen LogP contribution in [0.2, 0.25) is 0 Å². The van der Waals surface area contributed by atoms with Gasteiger partial charge in [0.1, 0.15) is 22.4 Å². The Morgan fingerprint density at radius 2 is 1.86 bits per heavy atom. The van der Waals surface area contributed by atoms with Crippen LogP contribution in [-0.2, 0) is 0 Å². The van der Waals surface area contributed by atoms with Crippen LogP contribution in [-0.4, -0.2) is 29.6 Å². The minimum absolute atomic E-state index is 0.184. The number of rotatable bonds is 5. The molecule has 0 atom stereocenters. The maximum atomic E-state index is 10.7. The fourth-order valence-corrected chi connectivity index (χ4v) is 4.41. The quantitative estimate of drug-likeness (QED) is 0.570. The molecule has 6 heteroatoms. The summed E-state index contributed by atoms with van der Waals surface area (Å²) in [5, 5.41) is 22.0. The van der Waals surface area contributed by atoms with Gasteiger partial charge in [0.2, 0.25) is 0 Å². The lowest BCUT2D eigenvalue weighted by Gasteiger charge is -2.23. The van der Waals surface area contributed by atoms with Crippen molar-refractivity contribution in [1.29, 1.82) is 5.41 Å². The molecule has 0 fully saturated rings. The van der Waals surface area contributed by atoms with Gasteiger partial charge in [-0.25, -0.2) is 4.98 Å². The molecule has 1 aliphatic rings. The number of anilines is 1. The third kappa shape index (κ3) is 3.51. The molecule has 1 aromatic heterocycles. The van der Waals surface area contributed by atoms with E-state index in [0.29, 0.717) is 16.5 Å². The standard InChI is InChI=1S/C23H23N3O2S/c1-14(2)17-6-4-5-7-19(17)26-12-20(27)21(22(26)24)23-25-18(13-29-23)15-8-10-16(28-3)11-9-15/h4-11,13-14,24,27H,12H2,1-3H3. The van der Waals surface area contributed by atoms with Crippen LogP contribution in [0, 0.1) is 5.41 Å². The van der Waals surface area contributed by atoms with E-state index in [1.54, 1.807) is 7.11 Å². The number of aromatic nitrogens is 1. The number of hydrogen-bond acceptors (Lipinski definition) is 5. The molecule has 0 aliphatic carbocycles. The molecule has 0 radical (unpaired) electrons. The Morgan fingerprint density at radius 3 is 2.55 bits per heavy atom. The topological polar surface area (TPSA) is 69.4 Å². The lowest BCUT2D eigenvalue weighted by atomic mass is 10.0. The summed E-state index contributed by atoms with van der Waals surface area (Å²) in [5.41, 5.74) is 4.42. The number of nitrogens with zero attached hydrogens (tertiary/aromatic N) is 2. The molecule has 4 rings (SSSR count). The maximum absolute atomic E-state index is 10.7. The number of thiazole rings is 1. The number of aliphatic hydroxyl groups excluding tert-OH is 1. The first-order chi connectivity index (χ1) is 14.0. The van der Waals surface area contributed by atoms with Crippen molar-refractivity contribution in [3.05, 3.63) is 70.2 Å². The molecule has 3 aromatic rings. The van der Waals surface area contributed by atoms with Crippen LogP contribution < -0.4 is 9.64 Å². The van der Waals surface area contributed by atoms with Crippen LogP contribution in [0.4, 0.5) is 5.69 Å². The monoisotopic (exact) mass is 405 g/mol. The van der Waals surface area contributed by atoms with Crippen LogP contribution in [0.1, 0.15) is 30.3 Å². The van der Waals surface area contributed by atoms with E-state index in [4.69, 9.17) is 15.1 Å². The Kier molecular flexibility index (Phi) is 5.11. The summed E-state index contributed by atoms with van der Waals surface area (Å²) in [6.45, 7) is 4.55. The smallest absolute Gasteiger partial charge is 0.139 e. The average molecular weight is 406 g/mol. The van der Waals surface area contributed by atoms with E-state index in [9.17, 15) is 5.11 Å². The molecule has 0 amide bonds. The summed E-state index contributed by atoms with van der Waals surface area (Å²) in [6, 6.07) is 15.8. The number of benzene rings is 2. The van der Waals surface area contributed by atoms with E-state index >= 15 is 0 Å². The highest BCUT2D eigenvalue weighted by Gasteiger charge is 2.32. The second kappa shape index (κ2) is 7.72. The summed E-state index contributed by atoms with van der Waals surface area (Å²) >= 11 is 1.44. The van der Waals surface area contributed by atoms with Gasteiger partial charge < -0.3 is 14.7 Å². The van der Waals surface area contributed by atoms with E-state index in [-0.39, 0.29) is 18.1 Å². The minimum Gasteiger partial charge on any atom is -0.510 e. The zero-order valence-corrected chi connectivity index (χ0v) is 17.5. The number of aliphatic hydroxyl groups is 1. The maximum Gasteiger partial charge on any atom is 0.139 e. The van der Waals surface area contributed by atoms with Crippen LogP contribution in [0.5, 0.6) is 5.75 Å². The SMILES string of the molecule is COc1ccc(-c2csc(C3=C(O)CN(c4ccccc4C(C)C)C3=N)n2)cc1. The molecule has 0 saturated carbocycles. The third-order valence-corrected chi connectivity index (χ3v) is 5.92. The predicted molar refractivity (Wildman–Crippen MR) is 119 cm³/mol. The van der Waals surface area contributed by atoms with Crippen molar-refractivity contribution in [1.82, 2.24) is 4.98 Å². The van der Waals surface area contributed by atoms with Crippen molar-refractivity contribution < 1.29 is 9.84 Å². The van der Waals surface area contributed by atoms with Crippen molar-refractivity contribution in [2.75, 3.05) is 18.6 Å². The van der Waals surface area contributed by atoms with Crippen LogP contribution in [0.3, 0.4) is 0 Å². The van der Waals surface area contributed by atoms with Crippen LogP contribution >= 0.6 is 11.3 Å². The highest BCUT2D eigenvalue weighted by Crippen LogP contribution is 2.37. The third-order valence-electron chi connectivity index (χ3n) is 5.06. The largest absolute Gasteiger partial charge is 0.510 e. The fraction of sp³-hybridized carbons (Fsp3) is 0.217. The Balaban J connectivity index is 1.64. The van der Waals surface area contributed by atoms with Gasteiger partial charge >= 0.3 is 0 Å². The first kappa shape index (κ1) is 19.2. The molecule has 2 aromatic carbocycles. The number of ether oxygens (including phenoxy) is 1. The number of amidine groups is 1. The lowest BCUT2D eigenvalue weighted by Crippen LogP contribution is -2.27. The first-order valence-corrected chi connectivity index (χ1v) is 10.4. The molecule has 29 heavy (non-hydrogen) atoms. The summed E-state index contributed by atoms with van der Waals surface area (Å²) in [4.78, 5) is 6.55.